The van der Waals surface area contributed by atoms with E-state index in [-0.39, 0.29) is 11.2 Å². The van der Waals surface area contributed by atoms with E-state index in [0.29, 0.717) is 37.3 Å². The topological polar surface area (TPSA) is 87.8 Å². The Hall–Kier alpha value is -1.89. The summed E-state index contributed by atoms with van der Waals surface area (Å²) in [6.07, 6.45) is 1.56. The van der Waals surface area contributed by atoms with Crippen LogP contribution in [0.5, 0.6) is 0 Å². The summed E-state index contributed by atoms with van der Waals surface area (Å²) in [5.41, 5.74) is 5.78. The number of nitrogens with zero attached hydrogens (tertiary/aromatic N) is 4. The van der Waals surface area contributed by atoms with E-state index >= 15 is 0 Å². The number of hydrogen-bond acceptors (Lipinski definition) is 4. The van der Waals surface area contributed by atoms with Gasteiger partial charge in [0.2, 0.25) is 0 Å². The number of aryl methyl sites for hydroxylation is 1. The third-order valence-electron chi connectivity index (χ3n) is 2.99. The summed E-state index contributed by atoms with van der Waals surface area (Å²) in [5, 5.41) is 0. The molecule has 98 valence electrons. The van der Waals surface area contributed by atoms with E-state index in [0.717, 1.165) is 0 Å². The average Bonchev–Trinajstić information content (AvgIpc) is 2.75. The minimum Gasteiger partial charge on any atom is -0.329 e. The van der Waals surface area contributed by atoms with Crippen LogP contribution >= 0.6 is 0 Å². The lowest BCUT2D eigenvalue weighted by Gasteiger charge is -2.09. The van der Waals surface area contributed by atoms with Gasteiger partial charge in [0.15, 0.2) is 11.2 Å². The molecule has 2 rings (SSSR count). The predicted octanol–water partition coefficient (Wildman–Crippen LogP) is -0.642. The smallest absolute Gasteiger partial charge is 0.329 e. The Kier molecular flexibility index (Phi) is 3.33. The van der Waals surface area contributed by atoms with E-state index < -0.39 is 0 Å². The van der Waals surface area contributed by atoms with Gasteiger partial charge in [0, 0.05) is 26.2 Å². The zero-order chi connectivity index (χ0) is 13.3. The molecule has 0 aliphatic heterocycles. The second kappa shape index (κ2) is 4.77. The first-order valence-corrected chi connectivity index (χ1v) is 6.04. The highest BCUT2D eigenvalue weighted by atomic mass is 16.2. The van der Waals surface area contributed by atoms with Gasteiger partial charge in [-0.25, -0.2) is 9.78 Å². The highest BCUT2D eigenvalue weighted by Gasteiger charge is 2.15. The monoisotopic (exact) mass is 251 g/mol. The van der Waals surface area contributed by atoms with Crippen LogP contribution in [0.1, 0.15) is 13.8 Å². The molecule has 0 spiro atoms. The number of nitrogens with two attached hydrogens (primary N) is 1. The Bertz CT molecular complexity index is 679. The zero-order valence-electron chi connectivity index (χ0n) is 10.6. The van der Waals surface area contributed by atoms with E-state index in [2.05, 4.69) is 4.98 Å². The molecule has 0 saturated carbocycles. The summed E-state index contributed by atoms with van der Waals surface area (Å²) in [6, 6.07) is 0. The van der Waals surface area contributed by atoms with Crippen LogP contribution in [0.25, 0.3) is 11.2 Å². The standard InChI is InChI=1S/C11H17N5O2/c1-3-15-9-8(14(6-5-12)7-13-9)10(17)16(4-2)11(15)18/h7H,3-6,12H2,1-2H3. The lowest BCUT2D eigenvalue weighted by molar-refractivity contribution is 0.602. The molecule has 0 aliphatic rings. The minimum atomic E-state index is -0.310. The van der Waals surface area contributed by atoms with Gasteiger partial charge in [-0.05, 0) is 13.8 Å². The third kappa shape index (κ3) is 1.67. The highest BCUT2D eigenvalue weighted by molar-refractivity contribution is 5.70. The molecule has 0 saturated heterocycles. The quantitative estimate of drug-likeness (QED) is 0.782. The van der Waals surface area contributed by atoms with Gasteiger partial charge in [-0.3, -0.25) is 13.9 Å². The van der Waals surface area contributed by atoms with Crippen LogP contribution in [0, 0.1) is 0 Å². The summed E-state index contributed by atoms with van der Waals surface area (Å²) in [5.74, 6) is 0. The second-order valence-electron chi connectivity index (χ2n) is 3.98. The van der Waals surface area contributed by atoms with E-state index in [4.69, 9.17) is 5.73 Å². The molecular formula is C11H17N5O2. The summed E-state index contributed by atoms with van der Waals surface area (Å²) in [6.45, 7) is 5.39. The van der Waals surface area contributed by atoms with Crippen molar-refractivity contribution >= 4 is 11.2 Å². The lowest BCUT2D eigenvalue weighted by Crippen LogP contribution is -2.40. The van der Waals surface area contributed by atoms with Crippen molar-refractivity contribution in [2.24, 2.45) is 5.73 Å². The summed E-state index contributed by atoms with van der Waals surface area (Å²) >= 11 is 0. The number of hydrogen-bond donors (Lipinski definition) is 1. The van der Waals surface area contributed by atoms with Gasteiger partial charge in [0.1, 0.15) is 0 Å². The minimum absolute atomic E-state index is 0.298. The molecule has 0 aromatic carbocycles. The Balaban J connectivity index is 2.93. The number of imidazole rings is 1. The van der Waals surface area contributed by atoms with Crippen molar-refractivity contribution in [2.75, 3.05) is 6.54 Å². The Morgan fingerprint density at radius 2 is 1.89 bits per heavy atom. The third-order valence-corrected chi connectivity index (χ3v) is 2.99. The average molecular weight is 251 g/mol. The molecule has 0 fully saturated rings. The molecule has 18 heavy (non-hydrogen) atoms. The number of rotatable bonds is 4. The van der Waals surface area contributed by atoms with E-state index in [1.54, 1.807) is 17.8 Å². The summed E-state index contributed by atoms with van der Waals surface area (Å²) in [7, 11) is 0. The van der Waals surface area contributed by atoms with Crippen molar-refractivity contribution in [1.29, 1.82) is 0 Å². The van der Waals surface area contributed by atoms with Gasteiger partial charge in [-0.2, -0.15) is 0 Å². The van der Waals surface area contributed by atoms with Crippen LogP contribution < -0.4 is 17.0 Å². The maximum Gasteiger partial charge on any atom is 0.332 e. The SMILES string of the molecule is CCn1c(=O)c2c(ncn2CCN)n(CC)c1=O. The first-order valence-electron chi connectivity index (χ1n) is 6.04. The van der Waals surface area contributed by atoms with Crippen LogP contribution in [0.4, 0.5) is 0 Å². The van der Waals surface area contributed by atoms with Crippen molar-refractivity contribution in [3.8, 4) is 0 Å². The Morgan fingerprint density at radius 1 is 1.22 bits per heavy atom. The number of aromatic nitrogens is 4. The zero-order valence-corrected chi connectivity index (χ0v) is 10.6. The molecule has 0 radical (unpaired) electrons. The fourth-order valence-electron chi connectivity index (χ4n) is 2.11. The largest absolute Gasteiger partial charge is 0.332 e. The van der Waals surface area contributed by atoms with Gasteiger partial charge in [-0.1, -0.05) is 0 Å². The molecule has 7 heteroatoms. The van der Waals surface area contributed by atoms with Gasteiger partial charge < -0.3 is 10.3 Å². The molecule has 2 aromatic rings. The van der Waals surface area contributed by atoms with E-state index in [1.807, 2.05) is 6.92 Å². The molecule has 2 heterocycles. The first-order chi connectivity index (χ1) is 8.65. The van der Waals surface area contributed by atoms with Gasteiger partial charge >= 0.3 is 5.69 Å². The van der Waals surface area contributed by atoms with Gasteiger partial charge in [0.05, 0.1) is 6.33 Å². The fourth-order valence-corrected chi connectivity index (χ4v) is 2.11. The normalized spacial score (nSPS) is 11.3. The van der Waals surface area contributed by atoms with Crippen LogP contribution in [0.15, 0.2) is 15.9 Å². The summed E-state index contributed by atoms with van der Waals surface area (Å²) < 4.78 is 4.43. The molecule has 0 atom stereocenters. The maximum absolute atomic E-state index is 12.3. The van der Waals surface area contributed by atoms with Crippen LogP contribution in [-0.4, -0.2) is 25.2 Å². The molecule has 7 nitrogen and oxygen atoms in total. The molecule has 2 aromatic heterocycles. The molecule has 2 N–H and O–H groups in total. The Morgan fingerprint density at radius 3 is 2.44 bits per heavy atom. The number of fused-ring (bicyclic) bond motifs is 1. The molecule has 0 unspecified atom stereocenters. The van der Waals surface area contributed by atoms with Crippen molar-refractivity contribution in [1.82, 2.24) is 18.7 Å². The molecule has 0 aliphatic carbocycles. The second-order valence-corrected chi connectivity index (χ2v) is 3.98. The molecule has 0 bridgehead atoms. The van der Waals surface area contributed by atoms with E-state index in [1.165, 1.54) is 9.13 Å². The summed E-state index contributed by atoms with van der Waals surface area (Å²) in [4.78, 5) is 28.5. The molecule has 0 amide bonds. The van der Waals surface area contributed by atoms with Crippen molar-refractivity contribution in [3.63, 3.8) is 0 Å². The van der Waals surface area contributed by atoms with Gasteiger partial charge in [0.25, 0.3) is 5.56 Å². The van der Waals surface area contributed by atoms with Crippen LogP contribution in [0.2, 0.25) is 0 Å². The first kappa shape index (κ1) is 12.6. The molecular weight excluding hydrogens is 234 g/mol. The van der Waals surface area contributed by atoms with E-state index in [9.17, 15) is 9.59 Å². The predicted molar refractivity (Wildman–Crippen MR) is 68.7 cm³/mol. The van der Waals surface area contributed by atoms with Crippen molar-refractivity contribution in [2.45, 2.75) is 33.5 Å². The van der Waals surface area contributed by atoms with Crippen molar-refractivity contribution in [3.05, 3.63) is 27.2 Å². The van der Waals surface area contributed by atoms with Crippen molar-refractivity contribution < 1.29 is 0 Å². The maximum atomic E-state index is 12.3. The lowest BCUT2D eigenvalue weighted by atomic mass is 10.4. The van der Waals surface area contributed by atoms with Crippen LogP contribution in [-0.2, 0) is 19.6 Å². The Labute approximate surface area is 103 Å². The van der Waals surface area contributed by atoms with Gasteiger partial charge in [-0.15, -0.1) is 0 Å². The highest BCUT2D eigenvalue weighted by Crippen LogP contribution is 2.06. The fraction of sp³-hybridized carbons (Fsp3) is 0.545. The van der Waals surface area contributed by atoms with Crippen LogP contribution in [0.3, 0.4) is 0 Å².